The summed E-state index contributed by atoms with van der Waals surface area (Å²) in [6.45, 7) is 0. The maximum atomic E-state index is 12.7. The summed E-state index contributed by atoms with van der Waals surface area (Å²) in [5.41, 5.74) is 7.14. The molecule has 162 valence electrons. The molecule has 0 spiro atoms. The van der Waals surface area contributed by atoms with E-state index in [-0.39, 0.29) is 5.78 Å². The summed E-state index contributed by atoms with van der Waals surface area (Å²) >= 11 is 1.81. The third kappa shape index (κ3) is 3.70. The molecule has 0 aliphatic carbocycles. The van der Waals surface area contributed by atoms with Crippen LogP contribution in [0.4, 0.5) is 17.1 Å². The van der Waals surface area contributed by atoms with Crippen molar-refractivity contribution in [1.82, 2.24) is 0 Å². The van der Waals surface area contributed by atoms with Gasteiger partial charge < -0.3 is 4.90 Å². The number of ketones is 1. The minimum absolute atomic E-state index is 0.0443. The zero-order chi connectivity index (χ0) is 22.9. The number of para-hydroxylation sites is 2. The highest BCUT2D eigenvalue weighted by Crippen LogP contribution is 2.51. The molecule has 3 heteroatoms. The highest BCUT2D eigenvalue weighted by Gasteiger charge is 2.24. The summed E-state index contributed by atoms with van der Waals surface area (Å²) in [5.74, 6) is 0.0443. The maximum Gasteiger partial charge on any atom is 0.193 e. The highest BCUT2D eigenvalue weighted by molar-refractivity contribution is 7.99. The first-order valence-electron chi connectivity index (χ1n) is 11.2. The van der Waals surface area contributed by atoms with Crippen LogP contribution in [-0.2, 0) is 0 Å². The molecular formula is C31H21NOS. The fourth-order valence-corrected chi connectivity index (χ4v) is 5.41. The zero-order valence-electron chi connectivity index (χ0n) is 18.4. The smallest absolute Gasteiger partial charge is 0.193 e. The Balaban J connectivity index is 1.31. The number of anilines is 3. The van der Waals surface area contributed by atoms with Crippen LogP contribution in [0.5, 0.6) is 0 Å². The summed E-state index contributed by atoms with van der Waals surface area (Å²) in [7, 11) is 0. The van der Waals surface area contributed by atoms with Crippen LogP contribution in [0.15, 0.2) is 137 Å². The molecule has 0 fully saturated rings. The third-order valence-corrected chi connectivity index (χ3v) is 7.20. The van der Waals surface area contributed by atoms with Crippen molar-refractivity contribution in [2.24, 2.45) is 0 Å². The molecule has 6 rings (SSSR count). The van der Waals surface area contributed by atoms with Gasteiger partial charge in [-0.1, -0.05) is 103 Å². The second-order valence-electron chi connectivity index (χ2n) is 8.19. The molecule has 0 amide bonds. The first-order valence-corrected chi connectivity index (χ1v) is 12.1. The molecule has 1 heterocycles. The Bertz CT molecular complexity index is 1430. The van der Waals surface area contributed by atoms with Gasteiger partial charge in [0.05, 0.1) is 11.4 Å². The quantitative estimate of drug-likeness (QED) is 0.248. The van der Waals surface area contributed by atoms with Crippen LogP contribution in [0.25, 0.3) is 11.1 Å². The largest absolute Gasteiger partial charge is 0.308 e. The summed E-state index contributed by atoms with van der Waals surface area (Å²) in [4.78, 5) is 17.5. The summed E-state index contributed by atoms with van der Waals surface area (Å²) in [6, 6.07) is 43.0. The molecule has 5 aromatic carbocycles. The van der Waals surface area contributed by atoms with Crippen LogP contribution in [0.1, 0.15) is 15.9 Å². The van der Waals surface area contributed by atoms with E-state index in [2.05, 4.69) is 77.7 Å². The van der Waals surface area contributed by atoms with Gasteiger partial charge in [-0.25, -0.2) is 0 Å². The van der Waals surface area contributed by atoms with Crippen molar-refractivity contribution >= 4 is 34.6 Å². The topological polar surface area (TPSA) is 20.3 Å². The second kappa shape index (κ2) is 8.69. The lowest BCUT2D eigenvalue weighted by Gasteiger charge is -2.32. The van der Waals surface area contributed by atoms with Gasteiger partial charge in [0.25, 0.3) is 0 Å². The molecule has 0 aromatic heterocycles. The monoisotopic (exact) mass is 455 g/mol. The molecule has 0 atom stereocenters. The summed E-state index contributed by atoms with van der Waals surface area (Å²) < 4.78 is 0. The molecule has 34 heavy (non-hydrogen) atoms. The SMILES string of the molecule is O=C(c1ccccc1)c1ccc(-c2ccc(N3c4ccccc4Sc4ccccc43)cc2)cc1. The molecule has 2 nitrogen and oxygen atoms in total. The van der Waals surface area contributed by atoms with E-state index in [0.29, 0.717) is 11.1 Å². The average Bonchev–Trinajstić information content (AvgIpc) is 2.92. The van der Waals surface area contributed by atoms with Crippen molar-refractivity contribution in [3.63, 3.8) is 0 Å². The Hall–Kier alpha value is -4.08. The van der Waals surface area contributed by atoms with Crippen molar-refractivity contribution in [2.45, 2.75) is 9.79 Å². The van der Waals surface area contributed by atoms with Crippen molar-refractivity contribution in [1.29, 1.82) is 0 Å². The molecular weight excluding hydrogens is 434 g/mol. The molecule has 1 aliphatic rings. The number of hydrogen-bond donors (Lipinski definition) is 0. The van der Waals surface area contributed by atoms with E-state index in [0.717, 1.165) is 16.8 Å². The zero-order valence-corrected chi connectivity index (χ0v) is 19.2. The lowest BCUT2D eigenvalue weighted by atomic mass is 9.99. The molecule has 1 aliphatic heterocycles. The van der Waals surface area contributed by atoms with Gasteiger partial charge in [-0.05, 0) is 47.5 Å². The van der Waals surface area contributed by atoms with Gasteiger partial charge in [-0.15, -0.1) is 0 Å². The molecule has 0 saturated heterocycles. The number of rotatable bonds is 4. The Labute approximate surface area is 203 Å². The van der Waals surface area contributed by atoms with Crippen LogP contribution < -0.4 is 4.90 Å². The van der Waals surface area contributed by atoms with Gasteiger partial charge >= 0.3 is 0 Å². The average molecular weight is 456 g/mol. The van der Waals surface area contributed by atoms with Crippen molar-refractivity contribution in [3.05, 3.63) is 139 Å². The first kappa shape index (κ1) is 20.5. The van der Waals surface area contributed by atoms with Gasteiger partial charge in [0.15, 0.2) is 5.78 Å². The van der Waals surface area contributed by atoms with Crippen LogP contribution in [0.2, 0.25) is 0 Å². The number of benzene rings is 5. The lowest BCUT2D eigenvalue weighted by Crippen LogP contribution is -2.14. The van der Waals surface area contributed by atoms with E-state index in [1.54, 1.807) is 0 Å². The van der Waals surface area contributed by atoms with Gasteiger partial charge in [-0.2, -0.15) is 0 Å². The number of fused-ring (bicyclic) bond motifs is 2. The van der Waals surface area contributed by atoms with Crippen LogP contribution in [-0.4, -0.2) is 5.78 Å². The van der Waals surface area contributed by atoms with Gasteiger partial charge in [0.1, 0.15) is 0 Å². The van der Waals surface area contributed by atoms with Crippen LogP contribution >= 0.6 is 11.8 Å². The highest BCUT2D eigenvalue weighted by atomic mass is 32.2. The van der Waals surface area contributed by atoms with E-state index in [1.165, 1.54) is 21.2 Å². The number of hydrogen-bond acceptors (Lipinski definition) is 3. The molecule has 0 saturated carbocycles. The summed E-state index contributed by atoms with van der Waals surface area (Å²) in [5, 5.41) is 0. The molecule has 0 bridgehead atoms. The summed E-state index contributed by atoms with van der Waals surface area (Å²) in [6.07, 6.45) is 0. The predicted molar refractivity (Wildman–Crippen MR) is 141 cm³/mol. The second-order valence-corrected chi connectivity index (χ2v) is 9.28. The number of carbonyl (C=O) groups excluding carboxylic acids is 1. The van der Waals surface area contributed by atoms with E-state index in [4.69, 9.17) is 0 Å². The van der Waals surface area contributed by atoms with E-state index >= 15 is 0 Å². The van der Waals surface area contributed by atoms with Crippen molar-refractivity contribution in [3.8, 4) is 11.1 Å². The van der Waals surface area contributed by atoms with Gasteiger partial charge in [0.2, 0.25) is 0 Å². The van der Waals surface area contributed by atoms with Crippen molar-refractivity contribution < 1.29 is 4.79 Å². The van der Waals surface area contributed by atoms with E-state index in [9.17, 15) is 4.79 Å². The molecule has 5 aromatic rings. The number of nitrogens with zero attached hydrogens (tertiary/aromatic N) is 1. The van der Waals surface area contributed by atoms with E-state index in [1.807, 2.05) is 66.4 Å². The Morgan fingerprint density at radius 2 is 0.971 bits per heavy atom. The Morgan fingerprint density at radius 1 is 0.500 bits per heavy atom. The van der Waals surface area contributed by atoms with Gasteiger partial charge in [-0.3, -0.25) is 4.79 Å². The number of carbonyl (C=O) groups is 1. The predicted octanol–water partition coefficient (Wildman–Crippen LogP) is 8.52. The minimum Gasteiger partial charge on any atom is -0.308 e. The molecule has 0 radical (unpaired) electrons. The molecule has 0 N–H and O–H groups in total. The Kier molecular flexibility index (Phi) is 5.25. The first-order chi connectivity index (χ1) is 16.8. The third-order valence-electron chi connectivity index (χ3n) is 6.07. The Morgan fingerprint density at radius 3 is 1.56 bits per heavy atom. The lowest BCUT2D eigenvalue weighted by molar-refractivity contribution is 0.103. The maximum absolute atomic E-state index is 12.7. The fourth-order valence-electron chi connectivity index (χ4n) is 4.36. The standard InChI is InChI=1S/C31H21NOS/c33-31(24-8-2-1-3-9-24)25-16-14-22(15-17-25)23-18-20-26(21-19-23)32-27-10-4-6-12-29(27)34-30-13-7-5-11-28(30)32/h1-21H. The fraction of sp³-hybridized carbons (Fsp3) is 0. The van der Waals surface area contributed by atoms with Gasteiger partial charge in [0, 0.05) is 26.6 Å². The van der Waals surface area contributed by atoms with E-state index < -0.39 is 0 Å². The van der Waals surface area contributed by atoms with Crippen LogP contribution in [0, 0.1) is 0 Å². The molecule has 0 unspecified atom stereocenters. The normalized spacial score (nSPS) is 12.1. The minimum atomic E-state index is 0.0443. The van der Waals surface area contributed by atoms with Crippen LogP contribution in [0.3, 0.4) is 0 Å². The van der Waals surface area contributed by atoms with Crippen molar-refractivity contribution in [2.75, 3.05) is 4.90 Å².